The van der Waals surface area contributed by atoms with Gasteiger partial charge in [-0.25, -0.2) is 4.79 Å². The van der Waals surface area contributed by atoms with E-state index in [1.807, 2.05) is 30.3 Å². The van der Waals surface area contributed by atoms with Gasteiger partial charge in [-0.2, -0.15) is 4.98 Å². The van der Waals surface area contributed by atoms with Gasteiger partial charge >= 0.3 is 5.97 Å². The van der Waals surface area contributed by atoms with E-state index in [2.05, 4.69) is 10.3 Å². The Balaban J connectivity index is 1.93. The minimum atomic E-state index is -0.478. The van der Waals surface area contributed by atoms with Crippen LogP contribution in [0.4, 0.5) is 6.01 Å². The first-order valence-corrected chi connectivity index (χ1v) is 5.70. The normalized spacial score (nSPS) is 10.1. The Labute approximate surface area is 105 Å². The summed E-state index contributed by atoms with van der Waals surface area (Å²) in [4.78, 5) is 15.4. The molecule has 1 heterocycles. The van der Waals surface area contributed by atoms with Crippen molar-refractivity contribution in [2.24, 2.45) is 0 Å². The summed E-state index contributed by atoms with van der Waals surface area (Å²) in [5.74, 6) is -0.478. The fourth-order valence-corrected chi connectivity index (χ4v) is 1.43. The topological polar surface area (TPSA) is 64.4 Å². The average Bonchev–Trinajstić information content (AvgIpc) is 2.87. The maximum absolute atomic E-state index is 11.4. The fourth-order valence-electron chi connectivity index (χ4n) is 1.43. The number of hydrogen-bond acceptors (Lipinski definition) is 5. The zero-order valence-electron chi connectivity index (χ0n) is 10.1. The number of nitrogens with one attached hydrogen (secondary N) is 1. The monoisotopic (exact) mass is 246 g/mol. The van der Waals surface area contributed by atoms with Crippen LogP contribution in [-0.4, -0.2) is 17.6 Å². The molecular formula is C13H14N2O3. The van der Waals surface area contributed by atoms with E-state index in [1.54, 1.807) is 6.92 Å². The second-order valence-corrected chi connectivity index (χ2v) is 3.60. The van der Waals surface area contributed by atoms with Crippen molar-refractivity contribution in [1.82, 2.24) is 4.98 Å². The molecule has 0 amide bonds. The predicted molar refractivity (Wildman–Crippen MR) is 66.2 cm³/mol. The molecule has 94 valence electrons. The van der Waals surface area contributed by atoms with Gasteiger partial charge in [0.15, 0.2) is 5.69 Å². The maximum atomic E-state index is 11.4. The van der Waals surface area contributed by atoms with E-state index in [9.17, 15) is 4.79 Å². The molecule has 1 N–H and O–H groups in total. The Morgan fingerprint density at radius 1 is 1.39 bits per heavy atom. The molecule has 18 heavy (non-hydrogen) atoms. The lowest BCUT2D eigenvalue weighted by molar-refractivity contribution is 0.0519. The van der Waals surface area contributed by atoms with E-state index in [0.717, 1.165) is 5.56 Å². The van der Waals surface area contributed by atoms with Gasteiger partial charge in [0.05, 0.1) is 6.61 Å². The van der Waals surface area contributed by atoms with Crippen molar-refractivity contribution in [3.8, 4) is 0 Å². The Kier molecular flexibility index (Phi) is 3.96. The van der Waals surface area contributed by atoms with Gasteiger partial charge in [0.1, 0.15) is 6.26 Å². The molecule has 1 aromatic carbocycles. The van der Waals surface area contributed by atoms with Gasteiger partial charge in [0, 0.05) is 6.54 Å². The van der Waals surface area contributed by atoms with Crippen molar-refractivity contribution >= 4 is 12.0 Å². The number of ether oxygens (including phenoxy) is 1. The van der Waals surface area contributed by atoms with Crippen LogP contribution in [0.3, 0.4) is 0 Å². The molecule has 0 saturated carbocycles. The lowest BCUT2D eigenvalue weighted by atomic mass is 10.2. The lowest BCUT2D eigenvalue weighted by Gasteiger charge is -2.00. The molecule has 0 bridgehead atoms. The van der Waals surface area contributed by atoms with E-state index in [-0.39, 0.29) is 5.69 Å². The van der Waals surface area contributed by atoms with Crippen LogP contribution < -0.4 is 5.32 Å². The summed E-state index contributed by atoms with van der Waals surface area (Å²) >= 11 is 0. The van der Waals surface area contributed by atoms with E-state index < -0.39 is 5.97 Å². The smallest absolute Gasteiger partial charge is 0.360 e. The first-order valence-electron chi connectivity index (χ1n) is 5.70. The molecule has 5 nitrogen and oxygen atoms in total. The third kappa shape index (κ3) is 3.10. The third-order valence-electron chi connectivity index (χ3n) is 2.28. The molecule has 2 rings (SSSR count). The van der Waals surface area contributed by atoms with Crippen molar-refractivity contribution in [2.75, 3.05) is 11.9 Å². The number of rotatable bonds is 5. The average molecular weight is 246 g/mol. The molecule has 0 aliphatic carbocycles. The summed E-state index contributed by atoms with van der Waals surface area (Å²) in [7, 11) is 0. The number of anilines is 1. The summed E-state index contributed by atoms with van der Waals surface area (Å²) in [6.07, 6.45) is 1.28. The molecule has 2 aromatic rings. The molecule has 0 aliphatic rings. The zero-order chi connectivity index (χ0) is 12.8. The molecule has 0 saturated heterocycles. The lowest BCUT2D eigenvalue weighted by Crippen LogP contribution is -2.05. The SMILES string of the molecule is CCOC(=O)c1coc(NCc2ccccc2)n1. The summed E-state index contributed by atoms with van der Waals surface area (Å²) in [5, 5.41) is 2.99. The molecule has 0 fully saturated rings. The van der Waals surface area contributed by atoms with Crippen LogP contribution in [0, 0.1) is 0 Å². The largest absolute Gasteiger partial charge is 0.461 e. The Hall–Kier alpha value is -2.30. The van der Waals surface area contributed by atoms with Gasteiger partial charge in [-0.1, -0.05) is 30.3 Å². The number of hydrogen-bond donors (Lipinski definition) is 1. The van der Waals surface area contributed by atoms with Gasteiger partial charge in [0.2, 0.25) is 0 Å². The van der Waals surface area contributed by atoms with Gasteiger partial charge in [-0.05, 0) is 12.5 Å². The predicted octanol–water partition coefficient (Wildman–Crippen LogP) is 2.46. The van der Waals surface area contributed by atoms with E-state index >= 15 is 0 Å². The van der Waals surface area contributed by atoms with Gasteiger partial charge in [-0.3, -0.25) is 0 Å². The van der Waals surface area contributed by atoms with Crippen molar-refractivity contribution in [3.63, 3.8) is 0 Å². The number of nitrogens with zero attached hydrogens (tertiary/aromatic N) is 1. The molecule has 0 spiro atoms. The van der Waals surface area contributed by atoms with Crippen LogP contribution in [0.1, 0.15) is 23.0 Å². The minimum Gasteiger partial charge on any atom is -0.461 e. The second-order valence-electron chi connectivity index (χ2n) is 3.60. The highest BCUT2D eigenvalue weighted by Crippen LogP contribution is 2.10. The number of carbonyl (C=O) groups is 1. The highest BCUT2D eigenvalue weighted by Gasteiger charge is 2.12. The summed E-state index contributed by atoms with van der Waals surface area (Å²) < 4.78 is 9.95. The Morgan fingerprint density at radius 2 is 2.17 bits per heavy atom. The van der Waals surface area contributed by atoms with Crippen molar-refractivity contribution < 1.29 is 13.9 Å². The zero-order valence-corrected chi connectivity index (χ0v) is 10.1. The third-order valence-corrected chi connectivity index (χ3v) is 2.28. The second kappa shape index (κ2) is 5.86. The number of oxazole rings is 1. The molecule has 0 radical (unpaired) electrons. The van der Waals surface area contributed by atoms with Crippen LogP contribution in [0.5, 0.6) is 0 Å². The number of esters is 1. The summed E-state index contributed by atoms with van der Waals surface area (Å²) in [6.45, 7) is 2.65. The van der Waals surface area contributed by atoms with Crippen LogP contribution >= 0.6 is 0 Å². The highest BCUT2D eigenvalue weighted by molar-refractivity contribution is 5.87. The molecule has 5 heteroatoms. The van der Waals surface area contributed by atoms with Gasteiger partial charge in [-0.15, -0.1) is 0 Å². The molecule has 0 unspecified atom stereocenters. The van der Waals surface area contributed by atoms with Crippen LogP contribution in [-0.2, 0) is 11.3 Å². The standard InChI is InChI=1S/C13H14N2O3/c1-2-17-12(16)11-9-18-13(15-11)14-8-10-6-4-3-5-7-10/h3-7,9H,2,8H2,1H3,(H,14,15). The van der Waals surface area contributed by atoms with Crippen molar-refractivity contribution in [2.45, 2.75) is 13.5 Å². The van der Waals surface area contributed by atoms with E-state index in [1.165, 1.54) is 6.26 Å². The molecular weight excluding hydrogens is 232 g/mol. The highest BCUT2D eigenvalue weighted by atomic mass is 16.5. The number of aromatic nitrogens is 1. The summed E-state index contributed by atoms with van der Waals surface area (Å²) in [6, 6.07) is 10.1. The number of carbonyl (C=O) groups excluding carboxylic acids is 1. The number of benzene rings is 1. The van der Waals surface area contributed by atoms with Crippen molar-refractivity contribution in [1.29, 1.82) is 0 Å². The van der Waals surface area contributed by atoms with Crippen LogP contribution in [0.2, 0.25) is 0 Å². The Bertz CT molecular complexity index is 508. The molecule has 1 aromatic heterocycles. The van der Waals surface area contributed by atoms with Gasteiger partial charge in [0.25, 0.3) is 6.01 Å². The first-order chi connectivity index (χ1) is 8.79. The van der Waals surface area contributed by atoms with Crippen LogP contribution in [0.15, 0.2) is 41.0 Å². The quantitative estimate of drug-likeness (QED) is 0.821. The van der Waals surface area contributed by atoms with Gasteiger partial charge < -0.3 is 14.5 Å². The van der Waals surface area contributed by atoms with Crippen LogP contribution in [0.25, 0.3) is 0 Å². The minimum absolute atomic E-state index is 0.174. The first kappa shape index (κ1) is 12.2. The van der Waals surface area contributed by atoms with E-state index in [0.29, 0.717) is 19.2 Å². The fraction of sp³-hybridized carbons (Fsp3) is 0.231. The Morgan fingerprint density at radius 3 is 2.89 bits per heavy atom. The maximum Gasteiger partial charge on any atom is 0.360 e. The van der Waals surface area contributed by atoms with Crippen molar-refractivity contribution in [3.05, 3.63) is 47.9 Å². The molecule has 0 aliphatic heterocycles. The van der Waals surface area contributed by atoms with E-state index in [4.69, 9.17) is 9.15 Å². The molecule has 0 atom stereocenters. The summed E-state index contributed by atoms with van der Waals surface area (Å²) in [5.41, 5.74) is 1.28.